The fourth-order valence-corrected chi connectivity index (χ4v) is 1.62. The Hall–Kier alpha value is -0.440. The molecule has 0 radical (unpaired) electrons. The molecule has 14 heavy (non-hydrogen) atoms. The zero-order valence-corrected chi connectivity index (χ0v) is 10.5. The number of carbonyl (C=O) groups is 1. The Morgan fingerprint density at radius 2 is 2.21 bits per heavy atom. The van der Waals surface area contributed by atoms with Crippen molar-refractivity contribution in [3.8, 4) is 12.3 Å². The summed E-state index contributed by atoms with van der Waals surface area (Å²) in [5.41, 5.74) is 0. The number of hydrogen-bond acceptors (Lipinski definition) is 1. The lowest BCUT2D eigenvalue weighted by atomic mass is 10.2. The van der Waals surface area contributed by atoms with Crippen LogP contribution in [0, 0.1) is 12.3 Å². The van der Waals surface area contributed by atoms with Crippen LogP contribution in [0.25, 0.3) is 0 Å². The smallest absolute Gasteiger partial charge is 0.408 e. The average Bonchev–Trinajstić information content (AvgIpc) is 2.16. The van der Waals surface area contributed by atoms with E-state index >= 15 is 0 Å². The van der Waals surface area contributed by atoms with E-state index in [2.05, 4.69) is 12.8 Å². The van der Waals surface area contributed by atoms with Crippen LogP contribution in [0.4, 0.5) is 4.79 Å². The second-order valence-corrected chi connectivity index (χ2v) is 4.22. The predicted molar refractivity (Wildman–Crippen MR) is 65.5 cm³/mol. The van der Waals surface area contributed by atoms with Crippen LogP contribution in [0.1, 0.15) is 32.6 Å². The topological polar surface area (TPSA) is 40.5 Å². The maximum Gasteiger partial charge on any atom is 0.408 e. The van der Waals surface area contributed by atoms with E-state index in [0.717, 1.165) is 25.7 Å². The van der Waals surface area contributed by atoms with Crippen LogP contribution in [0.5, 0.6) is 0 Å². The van der Waals surface area contributed by atoms with Gasteiger partial charge in [-0.1, -0.05) is 32.1 Å². The Kier molecular flexibility index (Phi) is 7.67. The van der Waals surface area contributed by atoms with E-state index in [1.807, 2.05) is 22.6 Å². The molecule has 80 valence electrons. The van der Waals surface area contributed by atoms with Crippen molar-refractivity contribution in [3.05, 3.63) is 0 Å². The minimum Gasteiger partial charge on any atom is -0.465 e. The molecule has 4 heteroatoms. The summed E-state index contributed by atoms with van der Waals surface area (Å²) >= 11 is 1.95. The fourth-order valence-electron chi connectivity index (χ4n) is 1.10. The Morgan fingerprint density at radius 1 is 1.57 bits per heavy atom. The van der Waals surface area contributed by atoms with E-state index in [0.29, 0.717) is 6.54 Å². The first-order chi connectivity index (χ1) is 6.63. The van der Waals surface area contributed by atoms with Crippen molar-refractivity contribution >= 4 is 28.7 Å². The zero-order valence-electron chi connectivity index (χ0n) is 8.37. The van der Waals surface area contributed by atoms with E-state index in [9.17, 15) is 4.79 Å². The molecule has 0 saturated carbocycles. The highest BCUT2D eigenvalue weighted by Crippen LogP contribution is 2.10. The molecule has 0 fully saturated rings. The normalized spacial score (nSPS) is 11.8. The van der Waals surface area contributed by atoms with Gasteiger partial charge in [-0.15, -0.1) is 6.42 Å². The van der Waals surface area contributed by atoms with Gasteiger partial charge in [0.15, 0.2) is 0 Å². The van der Waals surface area contributed by atoms with Crippen molar-refractivity contribution < 1.29 is 9.90 Å². The third kappa shape index (κ3) is 5.32. The molecular formula is C10H16INO2. The van der Waals surface area contributed by atoms with E-state index in [4.69, 9.17) is 11.5 Å². The zero-order chi connectivity index (χ0) is 11.0. The number of rotatable bonds is 6. The van der Waals surface area contributed by atoms with Crippen LogP contribution in [0.2, 0.25) is 0 Å². The molecule has 0 aliphatic rings. The number of carboxylic acid groups (broad SMARTS) is 1. The molecule has 0 aliphatic carbocycles. The number of amides is 1. The van der Waals surface area contributed by atoms with Crippen LogP contribution in [0.3, 0.4) is 0 Å². The third-order valence-electron chi connectivity index (χ3n) is 1.91. The lowest BCUT2D eigenvalue weighted by Crippen LogP contribution is -2.35. The molecule has 0 bridgehead atoms. The van der Waals surface area contributed by atoms with E-state index < -0.39 is 6.09 Å². The first-order valence-electron chi connectivity index (χ1n) is 4.73. The number of unbranched alkanes of at least 4 members (excludes halogenated alkanes) is 3. The quantitative estimate of drug-likeness (QED) is 0.269. The van der Waals surface area contributed by atoms with Gasteiger partial charge in [0.25, 0.3) is 0 Å². The standard InChI is InChI=1S/C10H16INO2/c1-3-5-6-7-8-12(10(13)14)9(11)4-2/h2,9H,3,5-8H2,1H3,(H,13,14). The molecular weight excluding hydrogens is 293 g/mol. The van der Waals surface area contributed by atoms with Gasteiger partial charge in [0.2, 0.25) is 0 Å². The van der Waals surface area contributed by atoms with Crippen LogP contribution >= 0.6 is 22.6 Å². The number of alkyl halides is 1. The highest BCUT2D eigenvalue weighted by molar-refractivity contribution is 14.1. The van der Waals surface area contributed by atoms with E-state index in [-0.39, 0.29) is 4.05 Å². The van der Waals surface area contributed by atoms with Crippen LogP contribution in [-0.2, 0) is 0 Å². The minimum absolute atomic E-state index is 0.355. The summed E-state index contributed by atoms with van der Waals surface area (Å²) in [6.45, 7) is 2.66. The van der Waals surface area contributed by atoms with Gasteiger partial charge in [0.1, 0.15) is 4.05 Å². The lowest BCUT2D eigenvalue weighted by Gasteiger charge is -2.20. The van der Waals surface area contributed by atoms with Gasteiger partial charge in [-0.25, -0.2) is 4.79 Å². The molecule has 1 atom stereocenters. The van der Waals surface area contributed by atoms with Gasteiger partial charge in [0, 0.05) is 6.54 Å². The van der Waals surface area contributed by atoms with Gasteiger partial charge in [-0.3, -0.25) is 4.90 Å². The molecule has 0 saturated heterocycles. The highest BCUT2D eigenvalue weighted by Gasteiger charge is 2.17. The SMILES string of the molecule is C#CC(I)N(CCCCCC)C(=O)O. The highest BCUT2D eigenvalue weighted by atomic mass is 127. The molecule has 0 aromatic carbocycles. The van der Waals surface area contributed by atoms with Crippen molar-refractivity contribution in [1.82, 2.24) is 4.90 Å². The van der Waals surface area contributed by atoms with Crippen molar-refractivity contribution in [2.45, 2.75) is 36.7 Å². The second kappa shape index (κ2) is 7.92. The Balaban J connectivity index is 3.88. The largest absolute Gasteiger partial charge is 0.465 e. The van der Waals surface area contributed by atoms with Gasteiger partial charge in [0.05, 0.1) is 0 Å². The number of nitrogens with zero attached hydrogens (tertiary/aromatic N) is 1. The first-order valence-corrected chi connectivity index (χ1v) is 5.97. The molecule has 1 unspecified atom stereocenters. The van der Waals surface area contributed by atoms with Crippen molar-refractivity contribution in [1.29, 1.82) is 0 Å². The maximum absolute atomic E-state index is 10.8. The summed E-state index contributed by atoms with van der Waals surface area (Å²) in [5.74, 6) is 2.42. The number of terminal acetylenes is 1. The molecule has 0 aromatic rings. The minimum atomic E-state index is -0.932. The molecule has 3 nitrogen and oxygen atoms in total. The summed E-state index contributed by atoms with van der Waals surface area (Å²) < 4.78 is -0.355. The molecule has 0 rings (SSSR count). The average molecular weight is 309 g/mol. The maximum atomic E-state index is 10.8. The summed E-state index contributed by atoms with van der Waals surface area (Å²) in [6.07, 6.45) is 8.50. The van der Waals surface area contributed by atoms with Crippen LogP contribution in [-0.4, -0.2) is 26.7 Å². The number of halogens is 1. The summed E-state index contributed by atoms with van der Waals surface area (Å²) in [6, 6.07) is 0. The summed E-state index contributed by atoms with van der Waals surface area (Å²) in [5, 5.41) is 8.86. The lowest BCUT2D eigenvalue weighted by molar-refractivity contribution is 0.148. The van der Waals surface area contributed by atoms with Crippen molar-refractivity contribution in [2.24, 2.45) is 0 Å². The number of hydrogen-bond donors (Lipinski definition) is 1. The Labute approximate surface area is 99.0 Å². The summed E-state index contributed by atoms with van der Waals surface area (Å²) in [4.78, 5) is 12.1. The van der Waals surface area contributed by atoms with Crippen molar-refractivity contribution in [2.75, 3.05) is 6.54 Å². The molecule has 0 aromatic heterocycles. The fraction of sp³-hybridized carbons (Fsp3) is 0.700. The van der Waals surface area contributed by atoms with E-state index in [1.165, 1.54) is 4.90 Å². The summed E-state index contributed by atoms with van der Waals surface area (Å²) in [7, 11) is 0. The Bertz CT molecular complexity index is 213. The van der Waals surface area contributed by atoms with Crippen molar-refractivity contribution in [3.63, 3.8) is 0 Å². The van der Waals surface area contributed by atoms with Crippen LogP contribution < -0.4 is 0 Å². The molecule has 0 heterocycles. The first kappa shape index (κ1) is 13.6. The predicted octanol–water partition coefficient (Wildman–Crippen LogP) is 2.94. The van der Waals surface area contributed by atoms with Gasteiger partial charge >= 0.3 is 6.09 Å². The van der Waals surface area contributed by atoms with Crippen LogP contribution in [0.15, 0.2) is 0 Å². The Morgan fingerprint density at radius 3 is 2.64 bits per heavy atom. The monoisotopic (exact) mass is 309 g/mol. The molecule has 1 amide bonds. The van der Waals surface area contributed by atoms with Gasteiger partial charge in [-0.05, 0) is 29.0 Å². The molecule has 1 N–H and O–H groups in total. The third-order valence-corrected chi connectivity index (χ3v) is 2.94. The molecule has 0 spiro atoms. The van der Waals surface area contributed by atoms with Gasteiger partial charge < -0.3 is 5.11 Å². The van der Waals surface area contributed by atoms with E-state index in [1.54, 1.807) is 0 Å². The van der Waals surface area contributed by atoms with Gasteiger partial charge in [-0.2, -0.15) is 0 Å². The second-order valence-electron chi connectivity index (χ2n) is 3.04. The molecule has 0 aliphatic heterocycles.